The van der Waals surface area contributed by atoms with Crippen LogP contribution in [-0.4, -0.2) is 48.6 Å². The number of hydrogen-bond acceptors (Lipinski definition) is 4. The Kier molecular flexibility index (Phi) is 8.40. The minimum absolute atomic E-state index is 0. The van der Waals surface area contributed by atoms with E-state index >= 15 is 0 Å². The number of rotatable bonds is 8. The maximum Gasteiger partial charge on any atom is 0.372 e. The van der Waals surface area contributed by atoms with Crippen LogP contribution in [0.2, 0.25) is 0 Å². The van der Waals surface area contributed by atoms with Crippen molar-refractivity contribution in [1.29, 1.82) is 0 Å². The molecule has 0 saturated carbocycles. The molecule has 0 aliphatic carbocycles. The molecular weight excluding hydrogens is 410 g/mol. The maximum atomic E-state index is 12.6. The summed E-state index contributed by atoms with van der Waals surface area (Å²) in [6, 6.07) is 16.7. The second-order valence-electron chi connectivity index (χ2n) is 6.80. The van der Waals surface area contributed by atoms with Crippen molar-refractivity contribution in [3.05, 3.63) is 83.6 Å². The molecule has 1 N–H and O–H groups in total. The Bertz CT molecular complexity index is 803. The van der Waals surface area contributed by atoms with E-state index in [0.29, 0.717) is 28.7 Å². The van der Waals surface area contributed by atoms with Gasteiger partial charge in [-0.1, -0.05) is 48.5 Å². The van der Waals surface area contributed by atoms with Crippen LogP contribution in [0.3, 0.4) is 0 Å². The SMILES string of the molecule is C=C(O)C(=O)OCC[N+](C)(C)Cc1cccc(C(=O)c2ccccc2)c1.[Br-]. The highest BCUT2D eigenvalue weighted by Gasteiger charge is 2.18. The number of benzene rings is 2. The Balaban J connectivity index is 0.00000364. The summed E-state index contributed by atoms with van der Waals surface area (Å²) in [6.45, 7) is 4.55. The maximum absolute atomic E-state index is 12.6. The van der Waals surface area contributed by atoms with Crippen LogP contribution in [-0.2, 0) is 16.1 Å². The number of carbonyl (C=O) groups is 2. The molecule has 0 aromatic heterocycles. The topological polar surface area (TPSA) is 63.6 Å². The Morgan fingerprint density at radius 1 is 1.04 bits per heavy atom. The van der Waals surface area contributed by atoms with Crippen molar-refractivity contribution in [2.45, 2.75) is 6.54 Å². The monoisotopic (exact) mass is 433 g/mol. The molecule has 0 radical (unpaired) electrons. The molecule has 0 aliphatic rings. The fraction of sp³-hybridized carbons (Fsp3) is 0.238. The number of quaternary nitrogens is 1. The van der Waals surface area contributed by atoms with Crippen molar-refractivity contribution in [2.24, 2.45) is 0 Å². The first-order valence-electron chi connectivity index (χ1n) is 8.34. The van der Waals surface area contributed by atoms with Crippen LogP contribution in [0.25, 0.3) is 0 Å². The van der Waals surface area contributed by atoms with Gasteiger partial charge in [-0.2, -0.15) is 0 Å². The quantitative estimate of drug-likeness (QED) is 0.211. The molecule has 0 atom stereocenters. The highest BCUT2D eigenvalue weighted by atomic mass is 79.9. The lowest BCUT2D eigenvalue weighted by Crippen LogP contribution is -3.00. The fourth-order valence-electron chi connectivity index (χ4n) is 2.61. The first-order chi connectivity index (χ1) is 12.3. The number of ether oxygens (including phenoxy) is 1. The Labute approximate surface area is 170 Å². The fourth-order valence-corrected chi connectivity index (χ4v) is 2.61. The molecule has 0 saturated heterocycles. The first-order valence-corrected chi connectivity index (χ1v) is 8.34. The lowest BCUT2D eigenvalue weighted by atomic mass is 10.0. The average Bonchev–Trinajstić information content (AvgIpc) is 2.61. The van der Waals surface area contributed by atoms with Crippen molar-refractivity contribution < 1.29 is 40.9 Å². The standard InChI is InChI=1S/C21H23NO4.BrH/c1-16(23)21(25)26-13-12-22(2,3)15-17-8-7-11-19(14-17)20(24)18-9-5-4-6-10-18;/h4-11,14H,1,12-13,15H2,2-3H3;1H. The van der Waals surface area contributed by atoms with Crippen LogP contribution in [0, 0.1) is 0 Å². The minimum Gasteiger partial charge on any atom is -1.00 e. The summed E-state index contributed by atoms with van der Waals surface area (Å²) in [5.41, 5.74) is 2.33. The molecule has 0 fully saturated rings. The van der Waals surface area contributed by atoms with Crippen LogP contribution in [0.1, 0.15) is 21.5 Å². The predicted octanol–water partition coefficient (Wildman–Crippen LogP) is 0.113. The van der Waals surface area contributed by atoms with E-state index in [1.54, 1.807) is 12.1 Å². The number of aliphatic hydroxyl groups is 1. The summed E-state index contributed by atoms with van der Waals surface area (Å²) in [6.07, 6.45) is 0. The van der Waals surface area contributed by atoms with Gasteiger partial charge in [-0.15, -0.1) is 0 Å². The minimum atomic E-state index is -0.805. The molecule has 2 rings (SSSR count). The third kappa shape index (κ3) is 7.00. The zero-order valence-corrected chi connectivity index (χ0v) is 17.1. The van der Waals surface area contributed by atoms with E-state index in [2.05, 4.69) is 6.58 Å². The number of hydrogen-bond donors (Lipinski definition) is 1. The average molecular weight is 434 g/mol. The van der Waals surface area contributed by atoms with Gasteiger partial charge >= 0.3 is 5.97 Å². The Hall–Kier alpha value is -2.44. The molecule has 0 aliphatic heterocycles. The number of halogens is 1. The molecule has 0 heterocycles. The first kappa shape index (κ1) is 22.6. The number of ketones is 1. The molecule has 0 spiro atoms. The molecule has 0 unspecified atom stereocenters. The molecule has 2 aromatic carbocycles. The smallest absolute Gasteiger partial charge is 0.372 e. The van der Waals surface area contributed by atoms with E-state index in [1.807, 2.05) is 56.6 Å². The molecule has 144 valence electrons. The third-order valence-corrected chi connectivity index (χ3v) is 4.00. The van der Waals surface area contributed by atoms with Crippen LogP contribution in [0.4, 0.5) is 0 Å². The van der Waals surface area contributed by atoms with E-state index in [4.69, 9.17) is 9.84 Å². The number of likely N-dealkylation sites (N-methyl/N-ethyl adjacent to an activating group) is 1. The van der Waals surface area contributed by atoms with Gasteiger partial charge in [0.25, 0.3) is 0 Å². The van der Waals surface area contributed by atoms with E-state index in [9.17, 15) is 9.59 Å². The highest BCUT2D eigenvalue weighted by Crippen LogP contribution is 2.15. The molecule has 6 heteroatoms. The number of nitrogens with zero attached hydrogens (tertiary/aromatic N) is 1. The summed E-state index contributed by atoms with van der Waals surface area (Å²) in [7, 11) is 4.01. The van der Waals surface area contributed by atoms with Gasteiger partial charge in [0.1, 0.15) is 19.7 Å². The van der Waals surface area contributed by atoms with Crippen LogP contribution in [0.15, 0.2) is 66.9 Å². The number of esters is 1. The largest absolute Gasteiger partial charge is 1.00 e. The van der Waals surface area contributed by atoms with Crippen molar-refractivity contribution >= 4 is 11.8 Å². The van der Waals surface area contributed by atoms with Gasteiger partial charge in [0.2, 0.25) is 0 Å². The van der Waals surface area contributed by atoms with Crippen molar-refractivity contribution in [3.63, 3.8) is 0 Å². The molecule has 5 nitrogen and oxygen atoms in total. The van der Waals surface area contributed by atoms with Crippen molar-refractivity contribution in [3.8, 4) is 0 Å². The van der Waals surface area contributed by atoms with Gasteiger partial charge in [-0.25, -0.2) is 4.79 Å². The Morgan fingerprint density at radius 2 is 1.67 bits per heavy atom. The number of aliphatic hydroxyl groups excluding tert-OH is 1. The summed E-state index contributed by atoms with van der Waals surface area (Å²) >= 11 is 0. The second-order valence-corrected chi connectivity index (χ2v) is 6.80. The van der Waals surface area contributed by atoms with Gasteiger partial charge in [0, 0.05) is 16.7 Å². The summed E-state index contributed by atoms with van der Waals surface area (Å²) in [5.74, 6) is -1.41. The van der Waals surface area contributed by atoms with Crippen molar-refractivity contribution in [1.82, 2.24) is 0 Å². The van der Waals surface area contributed by atoms with Crippen molar-refractivity contribution in [2.75, 3.05) is 27.2 Å². The van der Waals surface area contributed by atoms with E-state index in [1.165, 1.54) is 0 Å². The lowest BCUT2D eigenvalue weighted by Gasteiger charge is -2.29. The normalized spacial score (nSPS) is 10.6. The highest BCUT2D eigenvalue weighted by molar-refractivity contribution is 6.09. The molecule has 27 heavy (non-hydrogen) atoms. The summed E-state index contributed by atoms with van der Waals surface area (Å²) < 4.78 is 5.50. The third-order valence-electron chi connectivity index (χ3n) is 4.00. The van der Waals surface area contributed by atoms with Crippen LogP contribution < -0.4 is 17.0 Å². The molecule has 0 bridgehead atoms. The van der Waals surface area contributed by atoms with Gasteiger partial charge in [-0.3, -0.25) is 4.79 Å². The van der Waals surface area contributed by atoms with Gasteiger partial charge < -0.3 is 31.3 Å². The number of carbonyl (C=O) groups excluding carboxylic acids is 2. The summed E-state index contributed by atoms with van der Waals surface area (Å²) in [4.78, 5) is 23.8. The van der Waals surface area contributed by atoms with Gasteiger partial charge in [0.05, 0.1) is 14.1 Å². The van der Waals surface area contributed by atoms with E-state index in [-0.39, 0.29) is 29.4 Å². The van der Waals surface area contributed by atoms with Crippen LogP contribution >= 0.6 is 0 Å². The lowest BCUT2D eigenvalue weighted by molar-refractivity contribution is -0.903. The predicted molar refractivity (Wildman–Crippen MR) is 99.7 cm³/mol. The van der Waals surface area contributed by atoms with E-state index < -0.39 is 11.7 Å². The summed E-state index contributed by atoms with van der Waals surface area (Å²) in [5, 5.41) is 8.96. The molecule has 0 amide bonds. The van der Waals surface area contributed by atoms with Gasteiger partial charge in [-0.05, 0) is 12.6 Å². The van der Waals surface area contributed by atoms with Crippen LogP contribution in [0.5, 0.6) is 0 Å². The zero-order chi connectivity index (χ0) is 19.2. The van der Waals surface area contributed by atoms with Gasteiger partial charge in [0.15, 0.2) is 11.5 Å². The second kappa shape index (κ2) is 10.0. The Morgan fingerprint density at radius 3 is 2.30 bits per heavy atom. The zero-order valence-electron chi connectivity index (χ0n) is 15.5. The molecule has 2 aromatic rings. The molecular formula is C21H24BrNO4. The van der Waals surface area contributed by atoms with E-state index in [0.717, 1.165) is 5.56 Å².